The molecule has 0 atom stereocenters. The monoisotopic (exact) mass is 111 g/mol. The zero-order chi connectivity index (χ0) is 5.70. The number of rotatable bonds is 0. The summed E-state index contributed by atoms with van der Waals surface area (Å²) in [7, 11) is 0. The van der Waals surface area contributed by atoms with Crippen LogP contribution in [0.4, 0.5) is 0 Å². The summed E-state index contributed by atoms with van der Waals surface area (Å²) in [5.74, 6) is 1.15. The highest BCUT2D eigenvalue weighted by molar-refractivity contribution is 7.85. The van der Waals surface area contributed by atoms with Crippen molar-refractivity contribution < 1.29 is 4.79 Å². The maximum atomic E-state index is 9.83. The van der Waals surface area contributed by atoms with Gasteiger partial charge in [0, 0.05) is 0 Å². The Morgan fingerprint density at radius 2 is 2.29 bits per heavy atom. The fourth-order valence-corrected chi connectivity index (χ4v) is 0.180. The maximum Gasteiger partial charge on any atom is 0.306 e. The van der Waals surface area contributed by atoms with Gasteiger partial charge in [-0.1, -0.05) is 12.6 Å². The Morgan fingerprint density at radius 1 is 1.71 bits per heavy atom. The van der Waals surface area contributed by atoms with Gasteiger partial charge in [0.15, 0.2) is 6.07 Å². The first-order valence-electron chi connectivity index (χ1n) is 1.40. The normalized spacial score (nSPS) is 5.14. The van der Waals surface area contributed by atoms with Crippen molar-refractivity contribution in [2.75, 3.05) is 0 Å². The first-order valence-corrected chi connectivity index (χ1v) is 1.85. The zero-order valence-corrected chi connectivity index (χ0v) is 4.20. The SMILES string of the molecule is N#CC(=O)C#CS. The Hall–Kier alpha value is -0.930. The number of nitriles is 1. The lowest BCUT2D eigenvalue weighted by Crippen LogP contribution is -1.82. The van der Waals surface area contributed by atoms with E-state index in [9.17, 15) is 4.79 Å². The van der Waals surface area contributed by atoms with Crippen molar-refractivity contribution in [3.63, 3.8) is 0 Å². The van der Waals surface area contributed by atoms with Crippen molar-refractivity contribution in [3.05, 3.63) is 0 Å². The number of hydrogen-bond acceptors (Lipinski definition) is 3. The van der Waals surface area contributed by atoms with Crippen LogP contribution in [0.3, 0.4) is 0 Å². The molecule has 0 aliphatic carbocycles. The van der Waals surface area contributed by atoms with Crippen LogP contribution in [-0.2, 0) is 4.79 Å². The Bertz CT molecular complexity index is 168. The van der Waals surface area contributed by atoms with Gasteiger partial charge in [-0.05, 0) is 11.2 Å². The number of ketones is 1. The second-order valence-corrected chi connectivity index (χ2v) is 0.901. The van der Waals surface area contributed by atoms with Gasteiger partial charge in [0.05, 0.1) is 0 Å². The minimum atomic E-state index is -0.755. The Kier molecular flexibility index (Phi) is 2.83. The van der Waals surface area contributed by atoms with E-state index in [0.29, 0.717) is 0 Å². The molecule has 0 aromatic carbocycles. The third kappa shape index (κ3) is 2.88. The zero-order valence-electron chi connectivity index (χ0n) is 3.30. The minimum absolute atomic E-state index is 0.755. The molecule has 0 aliphatic heterocycles. The van der Waals surface area contributed by atoms with Gasteiger partial charge in [-0.3, -0.25) is 4.79 Å². The average Bonchev–Trinajstić information content (AvgIpc) is 1.68. The molecule has 0 aromatic rings. The third-order valence-corrected chi connectivity index (χ3v) is 0.383. The topological polar surface area (TPSA) is 40.9 Å². The van der Waals surface area contributed by atoms with Gasteiger partial charge in [0.25, 0.3) is 0 Å². The molecule has 2 nitrogen and oxygen atoms in total. The average molecular weight is 111 g/mol. The summed E-state index contributed by atoms with van der Waals surface area (Å²) >= 11 is 3.38. The molecule has 0 bridgehead atoms. The molecular formula is C4HNOS. The van der Waals surface area contributed by atoms with Gasteiger partial charge < -0.3 is 0 Å². The van der Waals surface area contributed by atoms with Crippen molar-refractivity contribution in [2.45, 2.75) is 0 Å². The summed E-state index contributed by atoms with van der Waals surface area (Å²) in [6, 6.07) is 1.30. The molecule has 0 spiro atoms. The Morgan fingerprint density at radius 3 is 2.43 bits per heavy atom. The fourth-order valence-electron chi connectivity index (χ4n) is 0.0787. The molecular weight excluding hydrogens is 110 g/mol. The molecule has 0 aliphatic rings. The summed E-state index contributed by atoms with van der Waals surface area (Å²) in [5, 5.41) is 9.72. The van der Waals surface area contributed by atoms with Gasteiger partial charge in [-0.15, -0.1) is 0 Å². The van der Waals surface area contributed by atoms with E-state index in [1.807, 2.05) is 11.2 Å². The van der Waals surface area contributed by atoms with Crippen molar-refractivity contribution in [1.82, 2.24) is 0 Å². The van der Waals surface area contributed by atoms with E-state index < -0.39 is 5.78 Å². The number of nitrogens with zero attached hydrogens (tertiary/aromatic N) is 1. The van der Waals surface area contributed by atoms with E-state index in [4.69, 9.17) is 5.26 Å². The molecule has 0 fully saturated rings. The maximum absolute atomic E-state index is 9.83. The van der Waals surface area contributed by atoms with Crippen LogP contribution in [0.1, 0.15) is 0 Å². The number of carbonyl (C=O) groups excluding carboxylic acids is 1. The van der Waals surface area contributed by atoms with Crippen LogP contribution in [0.5, 0.6) is 0 Å². The number of carbonyl (C=O) groups is 1. The first kappa shape index (κ1) is 6.07. The molecule has 0 heterocycles. The van der Waals surface area contributed by atoms with Crippen LogP contribution in [-0.4, -0.2) is 5.78 Å². The highest BCUT2D eigenvalue weighted by Gasteiger charge is 1.84. The van der Waals surface area contributed by atoms with Gasteiger partial charge in [-0.2, -0.15) is 5.26 Å². The number of thiol groups is 1. The molecule has 0 radical (unpaired) electrons. The van der Waals surface area contributed by atoms with E-state index in [2.05, 4.69) is 12.6 Å². The highest BCUT2D eigenvalue weighted by Crippen LogP contribution is 1.63. The quantitative estimate of drug-likeness (QED) is 0.271. The van der Waals surface area contributed by atoms with Crippen molar-refractivity contribution in [2.24, 2.45) is 0 Å². The molecule has 0 rings (SSSR count). The van der Waals surface area contributed by atoms with Gasteiger partial charge in [0.1, 0.15) is 0 Å². The Labute approximate surface area is 46.5 Å². The van der Waals surface area contributed by atoms with Crippen LogP contribution < -0.4 is 0 Å². The summed E-state index contributed by atoms with van der Waals surface area (Å²) in [5.41, 5.74) is 0. The van der Waals surface area contributed by atoms with Crippen LogP contribution in [0.15, 0.2) is 0 Å². The second kappa shape index (κ2) is 3.27. The van der Waals surface area contributed by atoms with Crippen molar-refractivity contribution >= 4 is 18.4 Å². The molecule has 0 saturated heterocycles. The number of hydrogen-bond donors (Lipinski definition) is 1. The van der Waals surface area contributed by atoms with Crippen molar-refractivity contribution in [1.29, 1.82) is 5.26 Å². The summed E-state index contributed by atoms with van der Waals surface area (Å²) < 4.78 is 0. The van der Waals surface area contributed by atoms with Gasteiger partial charge in [-0.25, -0.2) is 0 Å². The standard InChI is InChI=1S/C4HNOS/c5-3-4(6)1-2-7/h7H. The Balaban J connectivity index is 3.83. The molecule has 0 saturated carbocycles. The van der Waals surface area contributed by atoms with Crippen LogP contribution in [0.2, 0.25) is 0 Å². The molecule has 0 unspecified atom stereocenters. The third-order valence-electron chi connectivity index (χ3n) is 0.271. The van der Waals surface area contributed by atoms with Gasteiger partial charge >= 0.3 is 5.78 Å². The summed E-state index contributed by atoms with van der Waals surface area (Å²) in [6.45, 7) is 0. The lowest BCUT2D eigenvalue weighted by molar-refractivity contribution is -0.109. The molecule has 7 heavy (non-hydrogen) atoms. The largest absolute Gasteiger partial charge is 0.306 e. The smallest absolute Gasteiger partial charge is 0.267 e. The van der Waals surface area contributed by atoms with E-state index in [1.165, 1.54) is 6.07 Å². The predicted molar refractivity (Wildman–Crippen MR) is 27.4 cm³/mol. The van der Waals surface area contributed by atoms with Crippen LogP contribution in [0, 0.1) is 22.5 Å². The number of Topliss-reactive ketones (excluding diaryl/α,β-unsaturated/α-hetero) is 1. The lowest BCUT2D eigenvalue weighted by atomic mass is 10.5. The summed E-state index contributed by atoms with van der Waals surface area (Å²) in [4.78, 5) is 9.83. The van der Waals surface area contributed by atoms with E-state index in [0.717, 1.165) is 0 Å². The predicted octanol–water partition coefficient (Wildman–Crippen LogP) is -0.0302. The van der Waals surface area contributed by atoms with Crippen LogP contribution in [0.25, 0.3) is 0 Å². The first-order chi connectivity index (χ1) is 3.31. The summed E-state index contributed by atoms with van der Waals surface area (Å²) in [6.07, 6.45) is 0. The van der Waals surface area contributed by atoms with Crippen LogP contribution >= 0.6 is 12.6 Å². The van der Waals surface area contributed by atoms with E-state index in [1.54, 1.807) is 0 Å². The van der Waals surface area contributed by atoms with E-state index in [-0.39, 0.29) is 0 Å². The molecule has 3 heteroatoms. The van der Waals surface area contributed by atoms with Gasteiger partial charge in [0.2, 0.25) is 0 Å². The molecule has 34 valence electrons. The van der Waals surface area contributed by atoms with Crippen molar-refractivity contribution in [3.8, 4) is 17.2 Å². The molecule has 0 aromatic heterocycles. The second-order valence-electron chi connectivity index (χ2n) is 0.678. The minimum Gasteiger partial charge on any atom is -0.267 e. The van der Waals surface area contributed by atoms with E-state index >= 15 is 0 Å². The highest BCUT2D eigenvalue weighted by atomic mass is 32.1. The molecule has 0 N–H and O–H groups in total. The fraction of sp³-hybridized carbons (Fsp3) is 0. The molecule has 0 amide bonds. The lowest BCUT2D eigenvalue weighted by Gasteiger charge is -1.58.